The molecule has 0 spiro atoms. The second kappa shape index (κ2) is 8.24. The van der Waals surface area contributed by atoms with Crippen LogP contribution in [0.4, 0.5) is 0 Å². The van der Waals surface area contributed by atoms with E-state index in [-0.39, 0.29) is 12.6 Å². The van der Waals surface area contributed by atoms with E-state index in [9.17, 15) is 4.79 Å². The van der Waals surface area contributed by atoms with E-state index < -0.39 is 6.29 Å². The molecule has 0 aliphatic heterocycles. The molecule has 6 heteroatoms. The number of pyridine rings is 2. The van der Waals surface area contributed by atoms with Crippen LogP contribution in [0.25, 0.3) is 0 Å². The van der Waals surface area contributed by atoms with E-state index in [1.54, 1.807) is 18.5 Å². The van der Waals surface area contributed by atoms with E-state index in [1.165, 1.54) is 6.92 Å². The van der Waals surface area contributed by atoms with Crippen molar-refractivity contribution < 1.29 is 19.0 Å². The highest BCUT2D eigenvalue weighted by molar-refractivity contribution is 5.65. The summed E-state index contributed by atoms with van der Waals surface area (Å²) in [6.45, 7) is 5.54. The van der Waals surface area contributed by atoms with Crippen molar-refractivity contribution in [1.29, 1.82) is 0 Å². The van der Waals surface area contributed by atoms with Crippen LogP contribution in [0.3, 0.4) is 0 Å². The smallest absolute Gasteiger partial charge is 0.303 e. The van der Waals surface area contributed by atoms with Crippen molar-refractivity contribution in [3.05, 3.63) is 53.6 Å². The van der Waals surface area contributed by atoms with Crippen molar-refractivity contribution in [2.75, 3.05) is 0 Å². The van der Waals surface area contributed by atoms with Crippen molar-refractivity contribution in [2.24, 2.45) is 0 Å². The largest absolute Gasteiger partial charge is 0.465 e. The van der Waals surface area contributed by atoms with E-state index in [1.807, 2.05) is 32.0 Å². The molecule has 0 aliphatic rings. The maximum atomic E-state index is 10.9. The Bertz CT molecular complexity index is 646. The third-order valence-corrected chi connectivity index (χ3v) is 3.16. The minimum absolute atomic E-state index is 0.127. The first-order valence-electron chi connectivity index (χ1n) is 7.32. The minimum Gasteiger partial charge on any atom is -0.465 e. The Balaban J connectivity index is 1.93. The highest BCUT2D eigenvalue weighted by Gasteiger charge is 2.11. The molecule has 2 aromatic heterocycles. The fourth-order valence-corrected chi connectivity index (χ4v) is 1.90. The van der Waals surface area contributed by atoms with Crippen LogP contribution in [0, 0.1) is 6.92 Å². The van der Waals surface area contributed by atoms with Gasteiger partial charge in [-0.25, -0.2) is 0 Å². The summed E-state index contributed by atoms with van der Waals surface area (Å²) < 4.78 is 16.4. The standard InChI is InChI=1S/C17H20N2O4/c1-12-16(11-21-13(2)20)19-9-7-17(12)23-14(3)22-10-15-6-4-5-8-18-15/h4-9,14H,10-11H2,1-3H3. The predicted octanol–water partition coefficient (Wildman–Crippen LogP) is 2.79. The van der Waals surface area contributed by atoms with Crippen LogP contribution < -0.4 is 4.74 Å². The van der Waals surface area contributed by atoms with E-state index in [0.29, 0.717) is 18.1 Å². The summed E-state index contributed by atoms with van der Waals surface area (Å²) in [5, 5.41) is 0. The predicted molar refractivity (Wildman–Crippen MR) is 83.6 cm³/mol. The zero-order chi connectivity index (χ0) is 16.7. The quantitative estimate of drug-likeness (QED) is 0.578. The average Bonchev–Trinajstić information content (AvgIpc) is 2.54. The molecule has 2 aromatic rings. The van der Waals surface area contributed by atoms with Gasteiger partial charge in [0.15, 0.2) is 6.29 Å². The van der Waals surface area contributed by atoms with Gasteiger partial charge in [0.2, 0.25) is 0 Å². The average molecular weight is 316 g/mol. The molecule has 0 fully saturated rings. The summed E-state index contributed by atoms with van der Waals surface area (Å²) in [6.07, 6.45) is 2.89. The van der Waals surface area contributed by atoms with Crippen molar-refractivity contribution in [3.63, 3.8) is 0 Å². The van der Waals surface area contributed by atoms with Gasteiger partial charge in [0.05, 0.1) is 18.0 Å². The first kappa shape index (κ1) is 16.9. The minimum atomic E-state index is -0.445. The summed E-state index contributed by atoms with van der Waals surface area (Å²) in [5.41, 5.74) is 2.32. The molecule has 0 radical (unpaired) electrons. The Kier molecular flexibility index (Phi) is 6.05. The lowest BCUT2D eigenvalue weighted by Gasteiger charge is -2.17. The Morgan fingerprint density at radius 1 is 1.17 bits per heavy atom. The molecule has 2 heterocycles. The normalized spacial score (nSPS) is 11.8. The number of ether oxygens (including phenoxy) is 3. The third-order valence-electron chi connectivity index (χ3n) is 3.16. The second-order valence-electron chi connectivity index (χ2n) is 4.98. The number of carbonyl (C=O) groups excluding carboxylic acids is 1. The summed E-state index contributed by atoms with van der Waals surface area (Å²) in [5.74, 6) is 0.306. The van der Waals surface area contributed by atoms with Gasteiger partial charge in [-0.05, 0) is 32.0 Å². The van der Waals surface area contributed by atoms with Gasteiger partial charge in [0.25, 0.3) is 0 Å². The number of hydrogen-bond donors (Lipinski definition) is 0. The second-order valence-corrected chi connectivity index (χ2v) is 4.98. The number of rotatable bonds is 7. The van der Waals surface area contributed by atoms with Crippen LogP contribution >= 0.6 is 0 Å². The van der Waals surface area contributed by atoms with Gasteiger partial charge in [-0.3, -0.25) is 14.8 Å². The van der Waals surface area contributed by atoms with Crippen LogP contribution in [0.5, 0.6) is 5.75 Å². The number of nitrogens with zero attached hydrogens (tertiary/aromatic N) is 2. The molecule has 0 N–H and O–H groups in total. The number of hydrogen-bond acceptors (Lipinski definition) is 6. The molecule has 6 nitrogen and oxygen atoms in total. The van der Waals surface area contributed by atoms with Crippen LogP contribution in [0.1, 0.15) is 30.8 Å². The lowest BCUT2D eigenvalue weighted by Crippen LogP contribution is -2.17. The Labute approximate surface area is 135 Å². The van der Waals surface area contributed by atoms with Crippen molar-refractivity contribution in [1.82, 2.24) is 9.97 Å². The summed E-state index contributed by atoms with van der Waals surface area (Å²) >= 11 is 0. The van der Waals surface area contributed by atoms with Gasteiger partial charge in [-0.2, -0.15) is 0 Å². The molecule has 23 heavy (non-hydrogen) atoms. The number of carbonyl (C=O) groups is 1. The maximum Gasteiger partial charge on any atom is 0.303 e. The van der Waals surface area contributed by atoms with Gasteiger partial charge < -0.3 is 14.2 Å². The molecule has 0 bridgehead atoms. The van der Waals surface area contributed by atoms with Crippen LogP contribution in [-0.4, -0.2) is 22.2 Å². The third kappa shape index (κ3) is 5.34. The molecule has 0 aromatic carbocycles. The molecule has 122 valence electrons. The number of aromatic nitrogens is 2. The topological polar surface area (TPSA) is 70.5 Å². The van der Waals surface area contributed by atoms with Gasteiger partial charge >= 0.3 is 5.97 Å². The number of esters is 1. The molecule has 0 saturated heterocycles. The molecule has 0 saturated carbocycles. The summed E-state index contributed by atoms with van der Waals surface area (Å²) in [4.78, 5) is 19.3. The molecule has 0 aliphatic carbocycles. The van der Waals surface area contributed by atoms with Gasteiger partial charge in [0.1, 0.15) is 12.4 Å². The van der Waals surface area contributed by atoms with E-state index in [0.717, 1.165) is 11.3 Å². The molecular formula is C17H20N2O4. The van der Waals surface area contributed by atoms with Crippen LogP contribution in [0.15, 0.2) is 36.7 Å². The fraction of sp³-hybridized carbons (Fsp3) is 0.353. The Morgan fingerprint density at radius 3 is 2.70 bits per heavy atom. The molecule has 0 amide bonds. The zero-order valence-corrected chi connectivity index (χ0v) is 13.5. The highest BCUT2D eigenvalue weighted by Crippen LogP contribution is 2.21. The molecule has 1 atom stereocenters. The molecular weight excluding hydrogens is 296 g/mol. The van der Waals surface area contributed by atoms with Crippen molar-refractivity contribution >= 4 is 5.97 Å². The highest BCUT2D eigenvalue weighted by atomic mass is 16.7. The summed E-state index contributed by atoms with van der Waals surface area (Å²) in [6, 6.07) is 7.41. The fourth-order valence-electron chi connectivity index (χ4n) is 1.90. The molecule has 1 unspecified atom stereocenters. The summed E-state index contributed by atoms with van der Waals surface area (Å²) in [7, 11) is 0. The van der Waals surface area contributed by atoms with Crippen LogP contribution in [-0.2, 0) is 27.5 Å². The van der Waals surface area contributed by atoms with E-state index >= 15 is 0 Å². The monoisotopic (exact) mass is 316 g/mol. The van der Waals surface area contributed by atoms with Crippen LogP contribution in [0.2, 0.25) is 0 Å². The first-order valence-corrected chi connectivity index (χ1v) is 7.32. The maximum absolute atomic E-state index is 10.9. The Morgan fingerprint density at radius 2 is 2.00 bits per heavy atom. The Hall–Kier alpha value is -2.47. The van der Waals surface area contributed by atoms with Crippen molar-refractivity contribution in [2.45, 2.75) is 40.3 Å². The van der Waals surface area contributed by atoms with Gasteiger partial charge in [0, 0.05) is 24.9 Å². The van der Waals surface area contributed by atoms with E-state index in [4.69, 9.17) is 14.2 Å². The van der Waals surface area contributed by atoms with Crippen molar-refractivity contribution in [3.8, 4) is 5.75 Å². The van der Waals surface area contributed by atoms with Gasteiger partial charge in [-0.1, -0.05) is 6.07 Å². The lowest BCUT2D eigenvalue weighted by atomic mass is 10.2. The molecule has 2 rings (SSSR count). The zero-order valence-electron chi connectivity index (χ0n) is 13.5. The first-order chi connectivity index (χ1) is 11.1. The lowest BCUT2D eigenvalue weighted by molar-refractivity contribution is -0.142. The van der Waals surface area contributed by atoms with E-state index in [2.05, 4.69) is 9.97 Å². The van der Waals surface area contributed by atoms with Gasteiger partial charge in [-0.15, -0.1) is 0 Å². The SMILES string of the molecule is CC(=O)OCc1nccc(OC(C)OCc2ccccn2)c1C.